The standard InChI is InChI=1S/C26H29N3O3S2/c30-26(20-33-19-23-7-4-14-27-18-23)28-24-8-10-25(11-9-24)34(31,32)29-15-12-22(13-16-29)17-21-5-2-1-3-6-21/h1-11,14,18,22H,12-13,15-17,19-20H2,(H,28,30). The normalized spacial score (nSPS) is 15.2. The SMILES string of the molecule is O=C(CSCc1cccnc1)Nc1ccc(S(=O)(=O)N2CCC(Cc3ccccc3)CC2)cc1. The smallest absolute Gasteiger partial charge is 0.243 e. The fourth-order valence-corrected chi connectivity index (χ4v) is 6.34. The second kappa shape index (κ2) is 11.6. The van der Waals surface area contributed by atoms with Gasteiger partial charge in [-0.15, -0.1) is 11.8 Å². The maximum Gasteiger partial charge on any atom is 0.243 e. The van der Waals surface area contributed by atoms with E-state index in [1.54, 1.807) is 41.0 Å². The van der Waals surface area contributed by atoms with Gasteiger partial charge in [-0.2, -0.15) is 4.31 Å². The van der Waals surface area contributed by atoms with E-state index in [1.165, 1.54) is 17.3 Å². The molecule has 1 amide bonds. The highest BCUT2D eigenvalue weighted by Gasteiger charge is 2.29. The Morgan fingerprint density at radius 1 is 0.971 bits per heavy atom. The lowest BCUT2D eigenvalue weighted by Crippen LogP contribution is -2.38. The van der Waals surface area contributed by atoms with E-state index in [1.807, 2.05) is 30.3 Å². The first-order chi connectivity index (χ1) is 16.5. The predicted molar refractivity (Wildman–Crippen MR) is 137 cm³/mol. The zero-order chi connectivity index (χ0) is 23.8. The molecule has 2 aromatic carbocycles. The third-order valence-corrected chi connectivity index (χ3v) is 8.86. The summed E-state index contributed by atoms with van der Waals surface area (Å²) in [4.78, 5) is 16.5. The minimum absolute atomic E-state index is 0.120. The van der Waals surface area contributed by atoms with Gasteiger partial charge in [0, 0.05) is 36.9 Å². The van der Waals surface area contributed by atoms with Gasteiger partial charge in [0.05, 0.1) is 10.6 Å². The van der Waals surface area contributed by atoms with Crippen LogP contribution in [0.4, 0.5) is 5.69 Å². The number of sulfonamides is 1. The molecule has 0 radical (unpaired) electrons. The van der Waals surface area contributed by atoms with Gasteiger partial charge in [-0.3, -0.25) is 9.78 Å². The van der Waals surface area contributed by atoms with Crippen molar-refractivity contribution in [3.05, 3.63) is 90.3 Å². The van der Waals surface area contributed by atoms with Crippen molar-refractivity contribution in [2.45, 2.75) is 29.9 Å². The molecule has 0 spiro atoms. The molecule has 1 N–H and O–H groups in total. The number of benzene rings is 2. The van der Waals surface area contributed by atoms with Crippen LogP contribution in [-0.4, -0.2) is 42.5 Å². The number of nitrogens with one attached hydrogen (secondary N) is 1. The molecule has 2 heterocycles. The molecule has 1 saturated heterocycles. The van der Waals surface area contributed by atoms with E-state index < -0.39 is 10.0 Å². The molecule has 0 unspecified atom stereocenters. The van der Waals surface area contributed by atoms with Gasteiger partial charge in [-0.1, -0.05) is 36.4 Å². The fraction of sp³-hybridized carbons (Fsp3) is 0.308. The lowest BCUT2D eigenvalue weighted by atomic mass is 9.91. The maximum absolute atomic E-state index is 13.1. The minimum atomic E-state index is -3.54. The van der Waals surface area contributed by atoms with E-state index in [4.69, 9.17) is 0 Å². The molecule has 8 heteroatoms. The van der Waals surface area contributed by atoms with Gasteiger partial charge < -0.3 is 5.32 Å². The summed E-state index contributed by atoms with van der Waals surface area (Å²) in [7, 11) is -3.54. The summed E-state index contributed by atoms with van der Waals surface area (Å²) in [5, 5.41) is 2.83. The average molecular weight is 496 g/mol. The van der Waals surface area contributed by atoms with E-state index in [0.29, 0.717) is 36.2 Å². The first-order valence-electron chi connectivity index (χ1n) is 11.4. The Kier molecular flexibility index (Phi) is 8.37. The largest absolute Gasteiger partial charge is 0.325 e. The summed E-state index contributed by atoms with van der Waals surface area (Å²) in [6.45, 7) is 1.07. The molecule has 4 rings (SSSR count). The van der Waals surface area contributed by atoms with Crippen LogP contribution in [0.25, 0.3) is 0 Å². The van der Waals surface area contributed by atoms with E-state index in [0.717, 1.165) is 24.8 Å². The number of carbonyl (C=O) groups is 1. The first kappa shape index (κ1) is 24.4. The third kappa shape index (κ3) is 6.68. The van der Waals surface area contributed by atoms with Crippen molar-refractivity contribution in [3.8, 4) is 0 Å². The highest BCUT2D eigenvalue weighted by molar-refractivity contribution is 7.99. The molecule has 1 aromatic heterocycles. The third-order valence-electron chi connectivity index (χ3n) is 5.94. The monoisotopic (exact) mass is 495 g/mol. The highest BCUT2D eigenvalue weighted by Crippen LogP contribution is 2.27. The summed E-state index contributed by atoms with van der Waals surface area (Å²) in [6, 6.07) is 20.7. The lowest BCUT2D eigenvalue weighted by Gasteiger charge is -2.31. The Morgan fingerprint density at radius 2 is 1.68 bits per heavy atom. The van der Waals surface area contributed by atoms with Crippen LogP contribution in [0.15, 0.2) is 84.0 Å². The second-order valence-corrected chi connectivity index (χ2v) is 11.4. The van der Waals surface area contributed by atoms with Crippen LogP contribution in [0, 0.1) is 5.92 Å². The van der Waals surface area contributed by atoms with Crippen LogP contribution < -0.4 is 5.32 Å². The van der Waals surface area contributed by atoms with Crippen molar-refractivity contribution in [1.29, 1.82) is 0 Å². The molecule has 0 atom stereocenters. The van der Waals surface area contributed by atoms with Crippen molar-refractivity contribution >= 4 is 33.4 Å². The van der Waals surface area contributed by atoms with Crippen LogP contribution in [-0.2, 0) is 27.0 Å². The Labute approximate surface area is 205 Å². The van der Waals surface area contributed by atoms with Gasteiger partial charge >= 0.3 is 0 Å². The van der Waals surface area contributed by atoms with Crippen LogP contribution in [0.1, 0.15) is 24.0 Å². The fourth-order valence-electron chi connectivity index (χ4n) is 4.10. The van der Waals surface area contributed by atoms with Gasteiger partial charge in [0.1, 0.15) is 0 Å². The Hall–Kier alpha value is -2.68. The van der Waals surface area contributed by atoms with Crippen LogP contribution in [0.2, 0.25) is 0 Å². The number of aromatic nitrogens is 1. The first-order valence-corrected chi connectivity index (χ1v) is 14.0. The number of hydrogen-bond donors (Lipinski definition) is 1. The van der Waals surface area contributed by atoms with Crippen LogP contribution >= 0.6 is 11.8 Å². The lowest BCUT2D eigenvalue weighted by molar-refractivity contribution is -0.113. The highest BCUT2D eigenvalue weighted by atomic mass is 32.2. The van der Waals surface area contributed by atoms with Gasteiger partial charge in [0.2, 0.25) is 15.9 Å². The van der Waals surface area contributed by atoms with E-state index >= 15 is 0 Å². The number of piperidine rings is 1. The van der Waals surface area contributed by atoms with Gasteiger partial charge in [0.25, 0.3) is 0 Å². The molecule has 1 aliphatic rings. The number of amides is 1. The number of anilines is 1. The Balaban J connectivity index is 1.25. The molecule has 0 bridgehead atoms. The molecule has 3 aromatic rings. The maximum atomic E-state index is 13.1. The van der Waals surface area contributed by atoms with Crippen molar-refractivity contribution in [2.24, 2.45) is 5.92 Å². The van der Waals surface area contributed by atoms with Crippen molar-refractivity contribution in [1.82, 2.24) is 9.29 Å². The van der Waals surface area contributed by atoms with Gasteiger partial charge in [0.15, 0.2) is 0 Å². The summed E-state index contributed by atoms with van der Waals surface area (Å²) in [6.07, 6.45) is 6.22. The van der Waals surface area contributed by atoms with E-state index in [2.05, 4.69) is 22.4 Å². The number of rotatable bonds is 9. The van der Waals surface area contributed by atoms with Crippen LogP contribution in [0.3, 0.4) is 0 Å². The zero-order valence-corrected chi connectivity index (χ0v) is 20.6. The topological polar surface area (TPSA) is 79.4 Å². The number of hydrogen-bond acceptors (Lipinski definition) is 5. The Morgan fingerprint density at radius 3 is 2.35 bits per heavy atom. The van der Waals surface area contributed by atoms with Crippen LogP contribution in [0.5, 0.6) is 0 Å². The summed E-state index contributed by atoms with van der Waals surface area (Å²) in [5.74, 6) is 1.40. The summed E-state index contributed by atoms with van der Waals surface area (Å²) < 4.78 is 27.8. The van der Waals surface area contributed by atoms with Crippen molar-refractivity contribution < 1.29 is 13.2 Å². The molecule has 1 fully saturated rings. The Bertz CT molecular complexity index is 1160. The molecule has 0 aliphatic carbocycles. The average Bonchev–Trinajstić information content (AvgIpc) is 2.86. The number of thioether (sulfide) groups is 1. The molecular weight excluding hydrogens is 466 g/mol. The number of nitrogens with zero attached hydrogens (tertiary/aromatic N) is 2. The second-order valence-electron chi connectivity index (χ2n) is 8.46. The zero-order valence-electron chi connectivity index (χ0n) is 19.0. The summed E-state index contributed by atoms with van der Waals surface area (Å²) >= 11 is 1.51. The predicted octanol–water partition coefficient (Wildman–Crippen LogP) is 4.60. The molecule has 1 aliphatic heterocycles. The minimum Gasteiger partial charge on any atom is -0.325 e. The molecule has 6 nitrogen and oxygen atoms in total. The number of carbonyl (C=O) groups excluding carboxylic acids is 1. The summed E-state index contributed by atoms with van der Waals surface area (Å²) in [5.41, 5.74) is 2.96. The van der Waals surface area contributed by atoms with E-state index in [-0.39, 0.29) is 10.8 Å². The quantitative estimate of drug-likeness (QED) is 0.469. The molecule has 34 heavy (non-hydrogen) atoms. The molecule has 0 saturated carbocycles. The van der Waals surface area contributed by atoms with E-state index in [9.17, 15) is 13.2 Å². The number of pyridine rings is 1. The molecular formula is C26H29N3O3S2. The van der Waals surface area contributed by atoms with Gasteiger partial charge in [-0.05, 0) is 66.6 Å². The molecule has 178 valence electrons. The van der Waals surface area contributed by atoms with Crippen molar-refractivity contribution in [2.75, 3.05) is 24.2 Å². The van der Waals surface area contributed by atoms with Gasteiger partial charge in [-0.25, -0.2) is 8.42 Å². The van der Waals surface area contributed by atoms with Crippen molar-refractivity contribution in [3.63, 3.8) is 0 Å².